The number of aryl methyl sites for hydroxylation is 1. The monoisotopic (exact) mass is 259 g/mol. The highest BCUT2D eigenvalue weighted by atomic mass is 19.1. The molecule has 2 aromatic carbocycles. The molecule has 0 radical (unpaired) electrons. The molecule has 0 aromatic heterocycles. The maximum atomic E-state index is 13.0. The SMILES string of the molecule is Cc1ccc(NC(=O)Cc2cccc(F)c2)c(O)c1. The Hall–Kier alpha value is -2.36. The first-order chi connectivity index (χ1) is 9.04. The van der Waals surface area contributed by atoms with Crippen LogP contribution in [0.4, 0.5) is 10.1 Å². The van der Waals surface area contributed by atoms with Crippen LogP contribution in [0.15, 0.2) is 42.5 Å². The number of benzene rings is 2. The predicted octanol–water partition coefficient (Wildman–Crippen LogP) is 3.02. The van der Waals surface area contributed by atoms with Gasteiger partial charge in [0, 0.05) is 0 Å². The van der Waals surface area contributed by atoms with Crippen LogP contribution < -0.4 is 5.32 Å². The van der Waals surface area contributed by atoms with Crippen molar-refractivity contribution in [1.82, 2.24) is 0 Å². The molecule has 2 N–H and O–H groups in total. The van der Waals surface area contributed by atoms with E-state index in [4.69, 9.17) is 0 Å². The van der Waals surface area contributed by atoms with E-state index in [9.17, 15) is 14.3 Å². The van der Waals surface area contributed by atoms with Gasteiger partial charge < -0.3 is 10.4 Å². The number of phenolic OH excluding ortho intramolecular Hbond substituents is 1. The minimum Gasteiger partial charge on any atom is -0.506 e. The molecular weight excluding hydrogens is 245 g/mol. The van der Waals surface area contributed by atoms with E-state index >= 15 is 0 Å². The van der Waals surface area contributed by atoms with Crippen molar-refractivity contribution in [2.45, 2.75) is 13.3 Å². The molecule has 0 atom stereocenters. The number of carbonyl (C=O) groups is 1. The van der Waals surface area contributed by atoms with Gasteiger partial charge in [-0.15, -0.1) is 0 Å². The average Bonchev–Trinajstić information content (AvgIpc) is 2.33. The second-order valence-electron chi connectivity index (χ2n) is 4.38. The van der Waals surface area contributed by atoms with Crippen molar-refractivity contribution in [2.24, 2.45) is 0 Å². The molecule has 0 aliphatic heterocycles. The second-order valence-corrected chi connectivity index (χ2v) is 4.38. The number of hydrogen-bond donors (Lipinski definition) is 2. The third kappa shape index (κ3) is 3.55. The van der Waals surface area contributed by atoms with Crippen LogP contribution in [0.2, 0.25) is 0 Å². The van der Waals surface area contributed by atoms with E-state index in [1.165, 1.54) is 12.1 Å². The van der Waals surface area contributed by atoms with Crippen LogP contribution in [0.1, 0.15) is 11.1 Å². The molecule has 0 spiro atoms. The number of nitrogens with one attached hydrogen (secondary N) is 1. The zero-order chi connectivity index (χ0) is 13.8. The number of hydrogen-bond acceptors (Lipinski definition) is 2. The Bertz CT molecular complexity index is 611. The van der Waals surface area contributed by atoms with Gasteiger partial charge in [0.1, 0.15) is 11.6 Å². The first-order valence-corrected chi connectivity index (χ1v) is 5.88. The van der Waals surface area contributed by atoms with Crippen molar-refractivity contribution in [3.05, 3.63) is 59.4 Å². The molecule has 0 bridgehead atoms. The highest BCUT2D eigenvalue weighted by Gasteiger charge is 2.08. The Kier molecular flexibility index (Phi) is 3.80. The fourth-order valence-corrected chi connectivity index (χ4v) is 1.77. The average molecular weight is 259 g/mol. The number of rotatable bonds is 3. The van der Waals surface area contributed by atoms with E-state index < -0.39 is 0 Å². The van der Waals surface area contributed by atoms with E-state index in [0.29, 0.717) is 11.3 Å². The summed E-state index contributed by atoms with van der Waals surface area (Å²) in [4.78, 5) is 11.8. The van der Waals surface area contributed by atoms with Crippen LogP contribution in [-0.2, 0) is 11.2 Å². The summed E-state index contributed by atoms with van der Waals surface area (Å²) in [6.07, 6.45) is 0.0606. The van der Waals surface area contributed by atoms with Crippen molar-refractivity contribution in [3.63, 3.8) is 0 Å². The van der Waals surface area contributed by atoms with Crippen molar-refractivity contribution < 1.29 is 14.3 Å². The maximum Gasteiger partial charge on any atom is 0.228 e. The predicted molar refractivity (Wildman–Crippen MR) is 71.6 cm³/mol. The summed E-state index contributed by atoms with van der Waals surface area (Å²) in [5, 5.41) is 12.3. The number of amides is 1. The first kappa shape index (κ1) is 13.1. The lowest BCUT2D eigenvalue weighted by Gasteiger charge is -2.08. The van der Waals surface area contributed by atoms with Gasteiger partial charge in [0.15, 0.2) is 0 Å². The normalized spacial score (nSPS) is 10.2. The van der Waals surface area contributed by atoms with Gasteiger partial charge >= 0.3 is 0 Å². The first-order valence-electron chi connectivity index (χ1n) is 5.88. The summed E-state index contributed by atoms with van der Waals surface area (Å²) < 4.78 is 13.0. The Balaban J connectivity index is 2.05. The molecule has 98 valence electrons. The number of aromatic hydroxyl groups is 1. The van der Waals surface area contributed by atoms with Gasteiger partial charge in [-0.1, -0.05) is 18.2 Å². The number of anilines is 1. The Morgan fingerprint density at radius 2 is 2.05 bits per heavy atom. The van der Waals surface area contributed by atoms with E-state index in [0.717, 1.165) is 5.56 Å². The minimum absolute atomic E-state index is 0.0209. The highest BCUT2D eigenvalue weighted by molar-refractivity contribution is 5.93. The van der Waals surface area contributed by atoms with Crippen molar-refractivity contribution >= 4 is 11.6 Å². The molecule has 0 aliphatic carbocycles. The number of phenols is 1. The maximum absolute atomic E-state index is 13.0. The van der Waals surface area contributed by atoms with Crippen LogP contribution in [0.5, 0.6) is 5.75 Å². The van der Waals surface area contributed by atoms with Crippen LogP contribution in [0.25, 0.3) is 0 Å². The summed E-state index contributed by atoms with van der Waals surface area (Å²) in [6, 6.07) is 10.9. The largest absolute Gasteiger partial charge is 0.506 e. The van der Waals surface area contributed by atoms with Crippen LogP contribution in [0.3, 0.4) is 0 Å². The van der Waals surface area contributed by atoms with Crippen LogP contribution in [0, 0.1) is 12.7 Å². The minimum atomic E-state index is -0.372. The van der Waals surface area contributed by atoms with E-state index in [-0.39, 0.29) is 23.9 Å². The molecule has 0 fully saturated rings. The Morgan fingerprint density at radius 1 is 1.26 bits per heavy atom. The lowest BCUT2D eigenvalue weighted by atomic mass is 10.1. The molecule has 2 rings (SSSR count). The molecule has 0 saturated carbocycles. The van der Waals surface area contributed by atoms with Gasteiger partial charge in [0.25, 0.3) is 0 Å². The summed E-state index contributed by atoms with van der Waals surface area (Å²) in [6.45, 7) is 1.85. The molecule has 19 heavy (non-hydrogen) atoms. The van der Waals surface area contributed by atoms with Gasteiger partial charge in [0.2, 0.25) is 5.91 Å². The zero-order valence-electron chi connectivity index (χ0n) is 10.5. The lowest BCUT2D eigenvalue weighted by molar-refractivity contribution is -0.115. The number of halogens is 1. The fraction of sp³-hybridized carbons (Fsp3) is 0.133. The molecule has 3 nitrogen and oxygen atoms in total. The van der Waals surface area contributed by atoms with Gasteiger partial charge in [0.05, 0.1) is 12.1 Å². The van der Waals surface area contributed by atoms with Crippen molar-refractivity contribution in [2.75, 3.05) is 5.32 Å². The van der Waals surface area contributed by atoms with Crippen LogP contribution in [-0.4, -0.2) is 11.0 Å². The zero-order valence-corrected chi connectivity index (χ0v) is 10.5. The molecule has 4 heteroatoms. The van der Waals surface area contributed by atoms with E-state index in [2.05, 4.69) is 5.32 Å². The fourth-order valence-electron chi connectivity index (χ4n) is 1.77. The highest BCUT2D eigenvalue weighted by Crippen LogP contribution is 2.23. The Labute approximate surface area is 110 Å². The molecule has 2 aromatic rings. The van der Waals surface area contributed by atoms with Gasteiger partial charge in [-0.25, -0.2) is 4.39 Å². The standard InChI is InChI=1S/C15H14FNO2/c1-10-5-6-13(14(18)7-10)17-15(19)9-11-3-2-4-12(16)8-11/h2-8,18H,9H2,1H3,(H,17,19). The molecule has 1 amide bonds. The Morgan fingerprint density at radius 3 is 2.74 bits per heavy atom. The summed E-state index contributed by atoms with van der Waals surface area (Å²) in [5.74, 6) is -0.652. The summed E-state index contributed by atoms with van der Waals surface area (Å²) in [7, 11) is 0. The second kappa shape index (κ2) is 5.52. The van der Waals surface area contributed by atoms with Gasteiger partial charge in [-0.2, -0.15) is 0 Å². The molecule has 0 heterocycles. The smallest absolute Gasteiger partial charge is 0.228 e. The third-order valence-corrected chi connectivity index (χ3v) is 2.68. The molecule has 0 saturated heterocycles. The van der Waals surface area contributed by atoms with E-state index in [1.54, 1.807) is 30.3 Å². The van der Waals surface area contributed by atoms with Crippen molar-refractivity contribution in [1.29, 1.82) is 0 Å². The summed E-state index contributed by atoms with van der Waals surface area (Å²) >= 11 is 0. The van der Waals surface area contributed by atoms with Gasteiger partial charge in [-0.3, -0.25) is 4.79 Å². The third-order valence-electron chi connectivity index (χ3n) is 2.68. The molecule has 0 unspecified atom stereocenters. The topological polar surface area (TPSA) is 49.3 Å². The quantitative estimate of drug-likeness (QED) is 0.832. The summed E-state index contributed by atoms with van der Waals surface area (Å²) in [5.41, 5.74) is 1.84. The van der Waals surface area contributed by atoms with Crippen molar-refractivity contribution in [3.8, 4) is 5.75 Å². The van der Waals surface area contributed by atoms with Gasteiger partial charge in [-0.05, 0) is 42.3 Å². The molecule has 0 aliphatic rings. The number of carbonyl (C=O) groups excluding carboxylic acids is 1. The molecular formula is C15H14FNO2. The van der Waals surface area contributed by atoms with Crippen LogP contribution >= 0.6 is 0 Å². The van der Waals surface area contributed by atoms with E-state index in [1.807, 2.05) is 6.92 Å². The lowest BCUT2D eigenvalue weighted by Crippen LogP contribution is -2.14.